The predicted molar refractivity (Wildman–Crippen MR) is 84.1 cm³/mol. The SMILES string of the molecule is COC(=O)c1ccc([N+](=O)[O-])cc1OCCCOC1CCCCO1. The number of hydrogen-bond acceptors (Lipinski definition) is 7. The van der Waals surface area contributed by atoms with Gasteiger partial charge in [-0.2, -0.15) is 0 Å². The zero-order valence-corrected chi connectivity index (χ0v) is 13.6. The predicted octanol–water partition coefficient (Wildman–Crippen LogP) is 2.69. The number of nitrogens with zero attached hydrogens (tertiary/aromatic N) is 1. The fourth-order valence-corrected chi connectivity index (χ4v) is 2.32. The first kappa shape index (κ1) is 18.2. The van der Waals surface area contributed by atoms with E-state index >= 15 is 0 Å². The van der Waals surface area contributed by atoms with Gasteiger partial charge in [0.15, 0.2) is 6.29 Å². The van der Waals surface area contributed by atoms with E-state index in [0.717, 1.165) is 25.9 Å². The minimum atomic E-state index is -0.605. The van der Waals surface area contributed by atoms with E-state index in [1.165, 1.54) is 25.3 Å². The second kappa shape index (κ2) is 9.19. The lowest BCUT2D eigenvalue weighted by Gasteiger charge is -2.22. The number of ether oxygens (including phenoxy) is 4. The van der Waals surface area contributed by atoms with Crippen molar-refractivity contribution in [1.29, 1.82) is 0 Å². The van der Waals surface area contributed by atoms with Crippen LogP contribution in [-0.2, 0) is 14.2 Å². The van der Waals surface area contributed by atoms with Gasteiger partial charge in [-0.05, 0) is 25.3 Å². The molecule has 0 N–H and O–H groups in total. The molecule has 1 aromatic rings. The number of benzene rings is 1. The van der Waals surface area contributed by atoms with Crippen molar-refractivity contribution >= 4 is 11.7 Å². The van der Waals surface area contributed by atoms with Crippen LogP contribution in [0.2, 0.25) is 0 Å². The topological polar surface area (TPSA) is 97.1 Å². The molecule has 0 spiro atoms. The van der Waals surface area contributed by atoms with E-state index in [4.69, 9.17) is 14.2 Å². The molecule has 24 heavy (non-hydrogen) atoms. The van der Waals surface area contributed by atoms with E-state index in [1.807, 2.05) is 0 Å². The lowest BCUT2D eigenvalue weighted by atomic mass is 10.2. The van der Waals surface area contributed by atoms with Crippen molar-refractivity contribution in [2.75, 3.05) is 26.9 Å². The van der Waals surface area contributed by atoms with Crippen molar-refractivity contribution in [2.45, 2.75) is 32.0 Å². The highest BCUT2D eigenvalue weighted by atomic mass is 16.7. The van der Waals surface area contributed by atoms with Gasteiger partial charge in [0.05, 0.1) is 31.3 Å². The van der Waals surface area contributed by atoms with Crippen LogP contribution in [0.5, 0.6) is 5.75 Å². The van der Waals surface area contributed by atoms with E-state index in [0.29, 0.717) is 13.0 Å². The summed E-state index contributed by atoms with van der Waals surface area (Å²) in [6.07, 6.45) is 3.45. The van der Waals surface area contributed by atoms with Gasteiger partial charge in [0.1, 0.15) is 11.3 Å². The molecule has 0 bridgehead atoms. The minimum Gasteiger partial charge on any atom is -0.492 e. The number of nitro groups is 1. The summed E-state index contributed by atoms with van der Waals surface area (Å²) in [5, 5.41) is 10.9. The Labute approximate surface area is 139 Å². The number of nitro benzene ring substituents is 1. The molecule has 0 radical (unpaired) electrons. The molecule has 8 heteroatoms. The third-order valence-electron chi connectivity index (χ3n) is 3.57. The monoisotopic (exact) mass is 339 g/mol. The van der Waals surface area contributed by atoms with Crippen LogP contribution in [0.25, 0.3) is 0 Å². The molecule has 132 valence electrons. The molecule has 1 aromatic carbocycles. The number of carbonyl (C=O) groups excluding carboxylic acids is 1. The Hall–Kier alpha value is -2.19. The Morgan fingerprint density at radius 1 is 1.38 bits per heavy atom. The van der Waals surface area contributed by atoms with Gasteiger partial charge >= 0.3 is 5.97 Å². The molecule has 1 unspecified atom stereocenters. The molecule has 0 saturated carbocycles. The van der Waals surface area contributed by atoms with Gasteiger partial charge < -0.3 is 18.9 Å². The summed E-state index contributed by atoms with van der Waals surface area (Å²) in [6, 6.07) is 3.78. The highest BCUT2D eigenvalue weighted by Gasteiger charge is 2.18. The Morgan fingerprint density at radius 2 is 2.21 bits per heavy atom. The largest absolute Gasteiger partial charge is 0.492 e. The smallest absolute Gasteiger partial charge is 0.341 e. The first-order valence-corrected chi connectivity index (χ1v) is 7.84. The third-order valence-corrected chi connectivity index (χ3v) is 3.57. The number of rotatable bonds is 8. The fraction of sp³-hybridized carbons (Fsp3) is 0.562. The zero-order valence-electron chi connectivity index (χ0n) is 13.6. The van der Waals surface area contributed by atoms with Crippen LogP contribution in [0.4, 0.5) is 5.69 Å². The zero-order chi connectivity index (χ0) is 17.4. The van der Waals surface area contributed by atoms with Crippen LogP contribution in [0, 0.1) is 10.1 Å². The van der Waals surface area contributed by atoms with E-state index in [-0.39, 0.29) is 29.9 Å². The molecule has 1 aliphatic heterocycles. The molecular weight excluding hydrogens is 318 g/mol. The Morgan fingerprint density at radius 3 is 2.88 bits per heavy atom. The highest BCUT2D eigenvalue weighted by molar-refractivity contribution is 5.92. The van der Waals surface area contributed by atoms with Crippen LogP contribution in [0.1, 0.15) is 36.0 Å². The Kier molecular flexibility index (Phi) is 6.95. The second-order valence-corrected chi connectivity index (χ2v) is 5.30. The van der Waals surface area contributed by atoms with Gasteiger partial charge in [0.25, 0.3) is 5.69 Å². The van der Waals surface area contributed by atoms with Crippen molar-refractivity contribution in [3.05, 3.63) is 33.9 Å². The standard InChI is InChI=1S/C16H21NO7/c1-21-16(18)13-7-6-12(17(19)20)11-14(13)22-9-4-10-24-15-5-2-3-8-23-15/h6-7,11,15H,2-5,8-10H2,1H3. The molecule has 2 rings (SSSR count). The van der Waals surface area contributed by atoms with Gasteiger partial charge in [-0.25, -0.2) is 4.79 Å². The number of methoxy groups -OCH3 is 1. The quantitative estimate of drug-likeness (QED) is 0.311. The molecule has 0 aromatic heterocycles. The van der Waals surface area contributed by atoms with Crippen LogP contribution >= 0.6 is 0 Å². The molecule has 1 fully saturated rings. The van der Waals surface area contributed by atoms with Crippen molar-refractivity contribution < 1.29 is 28.7 Å². The fourth-order valence-electron chi connectivity index (χ4n) is 2.32. The molecular formula is C16H21NO7. The van der Waals surface area contributed by atoms with Crippen molar-refractivity contribution in [1.82, 2.24) is 0 Å². The van der Waals surface area contributed by atoms with Crippen molar-refractivity contribution in [3.8, 4) is 5.75 Å². The number of carbonyl (C=O) groups is 1. The molecule has 1 heterocycles. The Bertz CT molecular complexity index is 570. The lowest BCUT2D eigenvalue weighted by molar-refractivity contribution is -0.384. The van der Waals surface area contributed by atoms with Gasteiger partial charge in [-0.3, -0.25) is 10.1 Å². The average molecular weight is 339 g/mol. The summed E-state index contributed by atoms with van der Waals surface area (Å²) < 4.78 is 21.2. The summed E-state index contributed by atoms with van der Waals surface area (Å²) in [6.45, 7) is 1.43. The Balaban J connectivity index is 1.86. The minimum absolute atomic E-state index is 0.130. The van der Waals surface area contributed by atoms with Gasteiger partial charge in [0.2, 0.25) is 0 Å². The first-order valence-electron chi connectivity index (χ1n) is 7.84. The number of non-ortho nitro benzene ring substituents is 1. The molecule has 8 nitrogen and oxygen atoms in total. The van der Waals surface area contributed by atoms with Crippen LogP contribution in [-0.4, -0.2) is 44.1 Å². The summed E-state index contributed by atoms with van der Waals surface area (Å²) in [4.78, 5) is 22.0. The van der Waals surface area contributed by atoms with Crippen LogP contribution in [0.3, 0.4) is 0 Å². The number of hydrogen-bond donors (Lipinski definition) is 0. The molecule has 1 saturated heterocycles. The van der Waals surface area contributed by atoms with Gasteiger partial charge in [-0.15, -0.1) is 0 Å². The summed E-state index contributed by atoms with van der Waals surface area (Å²) in [5.41, 5.74) is 0.00383. The second-order valence-electron chi connectivity index (χ2n) is 5.30. The van der Waals surface area contributed by atoms with E-state index in [2.05, 4.69) is 4.74 Å². The first-order chi connectivity index (χ1) is 11.6. The average Bonchev–Trinajstić information content (AvgIpc) is 2.61. The molecule has 1 atom stereocenters. The normalized spacial score (nSPS) is 17.3. The maximum absolute atomic E-state index is 11.7. The third kappa shape index (κ3) is 5.17. The van der Waals surface area contributed by atoms with E-state index in [1.54, 1.807) is 0 Å². The molecule has 1 aliphatic rings. The van der Waals surface area contributed by atoms with Gasteiger partial charge in [0, 0.05) is 19.1 Å². The van der Waals surface area contributed by atoms with Crippen LogP contribution < -0.4 is 4.74 Å². The van der Waals surface area contributed by atoms with Crippen molar-refractivity contribution in [3.63, 3.8) is 0 Å². The number of esters is 1. The van der Waals surface area contributed by atoms with E-state index in [9.17, 15) is 14.9 Å². The lowest BCUT2D eigenvalue weighted by Crippen LogP contribution is -2.23. The summed E-state index contributed by atoms with van der Waals surface area (Å²) in [5.74, 6) is -0.475. The maximum Gasteiger partial charge on any atom is 0.341 e. The van der Waals surface area contributed by atoms with Crippen molar-refractivity contribution in [2.24, 2.45) is 0 Å². The van der Waals surface area contributed by atoms with E-state index < -0.39 is 10.9 Å². The maximum atomic E-state index is 11.7. The summed E-state index contributed by atoms with van der Waals surface area (Å²) >= 11 is 0. The molecule has 0 amide bonds. The van der Waals surface area contributed by atoms with Crippen LogP contribution in [0.15, 0.2) is 18.2 Å². The highest BCUT2D eigenvalue weighted by Crippen LogP contribution is 2.25. The summed E-state index contributed by atoms with van der Waals surface area (Å²) in [7, 11) is 1.24. The molecule has 0 aliphatic carbocycles. The van der Waals surface area contributed by atoms with Gasteiger partial charge in [-0.1, -0.05) is 0 Å².